The Hall–Kier alpha value is -0.200. The first kappa shape index (κ1) is 22.8. The van der Waals surface area contributed by atoms with Crippen LogP contribution in [0.1, 0.15) is 71.6 Å². The summed E-state index contributed by atoms with van der Waals surface area (Å²) in [5.41, 5.74) is 0. The highest BCUT2D eigenvalue weighted by atomic mass is 16.9. The van der Waals surface area contributed by atoms with Gasteiger partial charge in [-0.3, -0.25) is 0 Å². The molecule has 1 fully saturated rings. The van der Waals surface area contributed by atoms with Crippen LogP contribution in [0.4, 0.5) is 0 Å². The summed E-state index contributed by atoms with van der Waals surface area (Å²) in [6.07, 6.45) is 11.0. The van der Waals surface area contributed by atoms with E-state index in [4.69, 9.17) is 23.7 Å². The molecule has 0 amide bonds. The summed E-state index contributed by atoms with van der Waals surface area (Å²) < 4.78 is 28.3. The van der Waals surface area contributed by atoms with Gasteiger partial charge in [0, 0.05) is 27.2 Å². The van der Waals surface area contributed by atoms with Crippen LogP contribution >= 0.6 is 0 Å². The summed E-state index contributed by atoms with van der Waals surface area (Å²) in [6.45, 7) is 5.92. The summed E-state index contributed by atoms with van der Waals surface area (Å²) in [5.74, 6) is -0.847. The van der Waals surface area contributed by atoms with Crippen molar-refractivity contribution in [1.29, 1.82) is 0 Å². The van der Waals surface area contributed by atoms with Gasteiger partial charge in [-0.05, 0) is 19.3 Å². The second-order valence-corrected chi connectivity index (χ2v) is 7.02. The molecule has 1 aliphatic heterocycles. The Morgan fingerprint density at radius 2 is 1.56 bits per heavy atom. The average molecular weight is 361 g/mol. The zero-order valence-corrected chi connectivity index (χ0v) is 17.1. The second-order valence-electron chi connectivity index (χ2n) is 7.02. The smallest absolute Gasteiger partial charge is 0.285 e. The first-order chi connectivity index (χ1) is 12.2. The van der Waals surface area contributed by atoms with Crippen LogP contribution in [0, 0.1) is 5.92 Å². The van der Waals surface area contributed by atoms with E-state index >= 15 is 0 Å². The van der Waals surface area contributed by atoms with Crippen molar-refractivity contribution >= 4 is 0 Å². The lowest BCUT2D eigenvalue weighted by molar-refractivity contribution is -0.382. The SMILES string of the molecule is CCCCCCCCC(CC(CC)OCC1CO1)C(OC)(OC)OC. The van der Waals surface area contributed by atoms with Gasteiger partial charge in [-0.15, -0.1) is 0 Å². The number of rotatable bonds is 17. The third-order valence-electron chi connectivity index (χ3n) is 5.18. The van der Waals surface area contributed by atoms with E-state index in [1.807, 2.05) is 0 Å². The Labute approximate surface area is 154 Å². The van der Waals surface area contributed by atoms with E-state index in [2.05, 4.69) is 13.8 Å². The van der Waals surface area contributed by atoms with Crippen molar-refractivity contribution in [3.8, 4) is 0 Å². The van der Waals surface area contributed by atoms with E-state index < -0.39 is 5.97 Å². The fraction of sp³-hybridized carbons (Fsp3) is 1.00. The van der Waals surface area contributed by atoms with Gasteiger partial charge in [0.2, 0.25) is 0 Å². The van der Waals surface area contributed by atoms with E-state index in [9.17, 15) is 0 Å². The van der Waals surface area contributed by atoms with E-state index in [0.717, 1.165) is 32.3 Å². The summed E-state index contributed by atoms with van der Waals surface area (Å²) in [6, 6.07) is 0. The summed E-state index contributed by atoms with van der Waals surface area (Å²) >= 11 is 0. The number of methoxy groups -OCH3 is 3. The molecule has 0 bridgehead atoms. The number of unbranched alkanes of at least 4 members (excludes halogenated alkanes) is 5. The van der Waals surface area contributed by atoms with Gasteiger partial charge in [0.15, 0.2) is 0 Å². The minimum absolute atomic E-state index is 0.142. The Morgan fingerprint density at radius 3 is 2.08 bits per heavy atom. The third kappa shape index (κ3) is 8.35. The Bertz CT molecular complexity index is 307. The standard InChI is InChI=1S/C20H40O5/c1-6-8-9-10-11-12-13-17(20(21-3,22-4)23-5)14-18(7-2)24-15-19-16-25-19/h17-19H,6-16H2,1-5H3. The Balaban J connectivity index is 2.55. The largest absolute Gasteiger partial charge is 0.375 e. The zero-order valence-electron chi connectivity index (χ0n) is 17.1. The number of hydrogen-bond acceptors (Lipinski definition) is 5. The molecule has 0 N–H and O–H groups in total. The van der Waals surface area contributed by atoms with Crippen molar-refractivity contribution in [3.63, 3.8) is 0 Å². The van der Waals surface area contributed by atoms with Crippen molar-refractivity contribution in [1.82, 2.24) is 0 Å². The highest BCUT2D eigenvalue weighted by Crippen LogP contribution is 2.33. The van der Waals surface area contributed by atoms with Crippen LogP contribution in [-0.4, -0.2) is 52.7 Å². The van der Waals surface area contributed by atoms with Crippen molar-refractivity contribution < 1.29 is 23.7 Å². The van der Waals surface area contributed by atoms with Crippen LogP contribution in [0.5, 0.6) is 0 Å². The van der Waals surface area contributed by atoms with E-state index in [1.165, 1.54) is 32.1 Å². The number of hydrogen-bond donors (Lipinski definition) is 0. The molecule has 0 saturated carbocycles. The lowest BCUT2D eigenvalue weighted by Crippen LogP contribution is -2.45. The normalized spacial score (nSPS) is 19.8. The first-order valence-electron chi connectivity index (χ1n) is 10.0. The lowest BCUT2D eigenvalue weighted by Gasteiger charge is -2.38. The molecule has 0 aromatic carbocycles. The predicted molar refractivity (Wildman–Crippen MR) is 99.6 cm³/mol. The van der Waals surface area contributed by atoms with Gasteiger partial charge in [-0.1, -0.05) is 52.4 Å². The van der Waals surface area contributed by atoms with E-state index in [0.29, 0.717) is 12.7 Å². The molecule has 0 aromatic rings. The molecule has 1 saturated heterocycles. The topological polar surface area (TPSA) is 49.5 Å². The first-order valence-corrected chi connectivity index (χ1v) is 10.0. The van der Waals surface area contributed by atoms with Gasteiger partial charge in [-0.25, -0.2) is 0 Å². The van der Waals surface area contributed by atoms with Gasteiger partial charge >= 0.3 is 0 Å². The van der Waals surface area contributed by atoms with E-state index in [1.54, 1.807) is 21.3 Å². The third-order valence-corrected chi connectivity index (χ3v) is 5.18. The maximum atomic E-state index is 6.04. The van der Waals surface area contributed by atoms with Crippen LogP contribution in [0.2, 0.25) is 0 Å². The zero-order chi connectivity index (χ0) is 18.5. The lowest BCUT2D eigenvalue weighted by atomic mass is 9.91. The molecule has 5 nitrogen and oxygen atoms in total. The molecule has 5 heteroatoms. The van der Waals surface area contributed by atoms with Gasteiger partial charge < -0.3 is 23.7 Å². The van der Waals surface area contributed by atoms with Gasteiger partial charge in [0.05, 0.1) is 19.3 Å². The quantitative estimate of drug-likeness (QED) is 0.217. The minimum atomic E-state index is -0.990. The fourth-order valence-electron chi connectivity index (χ4n) is 3.44. The van der Waals surface area contributed by atoms with Crippen molar-refractivity contribution in [2.45, 2.75) is 89.8 Å². The van der Waals surface area contributed by atoms with Crippen LogP contribution in [0.25, 0.3) is 0 Å². The van der Waals surface area contributed by atoms with Gasteiger partial charge in [0.25, 0.3) is 5.97 Å². The monoisotopic (exact) mass is 360 g/mol. The molecule has 0 spiro atoms. The molecular weight excluding hydrogens is 320 g/mol. The summed E-state index contributed by atoms with van der Waals surface area (Å²) in [5, 5.41) is 0. The highest BCUT2D eigenvalue weighted by molar-refractivity contribution is 4.76. The van der Waals surface area contributed by atoms with Crippen LogP contribution < -0.4 is 0 Å². The van der Waals surface area contributed by atoms with Gasteiger partial charge in [0.1, 0.15) is 6.10 Å². The van der Waals surface area contributed by atoms with Crippen molar-refractivity contribution in [3.05, 3.63) is 0 Å². The minimum Gasteiger partial charge on any atom is -0.375 e. The second kappa shape index (κ2) is 13.0. The molecular formula is C20H40O5. The summed E-state index contributed by atoms with van der Waals surface area (Å²) in [7, 11) is 4.96. The van der Waals surface area contributed by atoms with Crippen molar-refractivity contribution in [2.24, 2.45) is 5.92 Å². The van der Waals surface area contributed by atoms with Crippen LogP contribution in [-0.2, 0) is 23.7 Å². The molecule has 0 aliphatic carbocycles. The van der Waals surface area contributed by atoms with Crippen LogP contribution in [0.3, 0.4) is 0 Å². The molecule has 3 atom stereocenters. The molecule has 25 heavy (non-hydrogen) atoms. The average Bonchev–Trinajstić information content (AvgIpc) is 3.47. The maximum absolute atomic E-state index is 6.04. The molecule has 0 radical (unpaired) electrons. The predicted octanol–water partition coefficient (Wildman–Crippen LogP) is 4.53. The van der Waals surface area contributed by atoms with Gasteiger partial charge in [-0.2, -0.15) is 0 Å². The van der Waals surface area contributed by atoms with E-state index in [-0.39, 0.29) is 12.0 Å². The molecule has 3 unspecified atom stereocenters. The fourth-order valence-corrected chi connectivity index (χ4v) is 3.44. The molecule has 1 rings (SSSR count). The molecule has 0 aromatic heterocycles. The number of ether oxygens (including phenoxy) is 5. The van der Waals surface area contributed by atoms with Crippen LogP contribution in [0.15, 0.2) is 0 Å². The highest BCUT2D eigenvalue weighted by Gasteiger charge is 2.41. The Kier molecular flexibility index (Phi) is 11.9. The Morgan fingerprint density at radius 1 is 0.960 bits per heavy atom. The van der Waals surface area contributed by atoms with Crippen molar-refractivity contribution in [2.75, 3.05) is 34.5 Å². The number of epoxide rings is 1. The summed E-state index contributed by atoms with van der Waals surface area (Å²) in [4.78, 5) is 0. The molecule has 150 valence electrons. The maximum Gasteiger partial charge on any atom is 0.285 e. The molecule has 1 heterocycles. The molecule has 1 aliphatic rings.